The summed E-state index contributed by atoms with van der Waals surface area (Å²) in [4.78, 5) is 52.8. The predicted octanol–water partition coefficient (Wildman–Crippen LogP) is 12.1. The van der Waals surface area contributed by atoms with Crippen molar-refractivity contribution in [2.24, 2.45) is 23.3 Å². The van der Waals surface area contributed by atoms with Gasteiger partial charge in [-0.25, -0.2) is 0 Å². The zero-order valence-corrected chi connectivity index (χ0v) is 45.3. The second-order valence-electron chi connectivity index (χ2n) is 19.3. The van der Waals surface area contributed by atoms with Crippen molar-refractivity contribution in [2.75, 3.05) is 14.2 Å². The zero-order chi connectivity index (χ0) is 56.6. The monoisotopic (exact) mass is 1060 g/mol. The van der Waals surface area contributed by atoms with Crippen LogP contribution in [0.1, 0.15) is 60.4 Å². The second kappa shape index (κ2) is 29.6. The van der Waals surface area contributed by atoms with Gasteiger partial charge in [0.05, 0.1) is 44.6 Å². The minimum Gasteiger partial charge on any atom is -0.469 e. The summed E-state index contributed by atoms with van der Waals surface area (Å²) in [5.41, 5.74) is 23.9. The third-order valence-electron chi connectivity index (χ3n) is 13.5. The summed E-state index contributed by atoms with van der Waals surface area (Å²) in [6.45, 7) is 7.63. The zero-order valence-electron chi connectivity index (χ0n) is 45.3. The number of rotatable bonds is 22. The maximum absolute atomic E-state index is 13.4. The summed E-state index contributed by atoms with van der Waals surface area (Å²) in [6, 6.07) is 69.2. The molecule has 0 heterocycles. The maximum Gasteiger partial charge on any atom is 0.311 e. The molecule has 10 heteroatoms. The van der Waals surface area contributed by atoms with Gasteiger partial charge in [-0.15, -0.1) is 0 Å². The number of nitrogens with two attached hydrogens (primary N) is 2. The van der Waals surface area contributed by atoms with Crippen LogP contribution in [0.15, 0.2) is 244 Å². The van der Waals surface area contributed by atoms with Gasteiger partial charge in [0, 0.05) is 17.0 Å². The summed E-state index contributed by atoms with van der Waals surface area (Å²) >= 11 is 0. The fourth-order valence-corrected chi connectivity index (χ4v) is 9.15. The van der Waals surface area contributed by atoms with E-state index in [1.54, 1.807) is 0 Å². The van der Waals surface area contributed by atoms with Crippen molar-refractivity contribution in [1.29, 1.82) is 0 Å². The van der Waals surface area contributed by atoms with Crippen molar-refractivity contribution in [3.05, 3.63) is 299 Å². The first-order valence-electron chi connectivity index (χ1n) is 26.4. The van der Waals surface area contributed by atoms with Crippen molar-refractivity contribution in [1.82, 2.24) is 10.6 Å². The smallest absolute Gasteiger partial charge is 0.311 e. The Labute approximate surface area is 470 Å². The van der Waals surface area contributed by atoms with E-state index in [0.29, 0.717) is 29.8 Å². The Morgan fingerprint density at radius 3 is 1.31 bits per heavy atom. The summed E-state index contributed by atoms with van der Waals surface area (Å²) in [5, 5.41) is 6.16. The van der Waals surface area contributed by atoms with Crippen molar-refractivity contribution < 1.29 is 28.7 Å². The fourth-order valence-electron chi connectivity index (χ4n) is 9.15. The van der Waals surface area contributed by atoms with Crippen LogP contribution in [0.2, 0.25) is 0 Å². The standard InChI is InChI=1S/2C35H34N2O3/c1-25(36)31-15-9-12-28(22-31)23-32(35(39)40-2)33(21-18-26-10-5-3-6-11-26)37-34(38)24-27-16-19-30(20-17-27)29-13-7-4-8-14-29;1-25(36)31-15-9-14-29(23-31)24-32(35(39)40-2)33(21-18-26-10-5-3-6-11-26)37-34(38)30-19-16-28(17-20-30)22-27-12-7-4-8-13-27/h3-22,32-33H,1,23-24,36H2,2H3,(H,37,38);3-21,23,32-33H,1,22,24,36H2,2H3,(H,37,38)/b2*21-18+. The molecule has 404 valence electrons. The molecular weight excluding hydrogens is 993 g/mol. The number of nitrogens with one attached hydrogen (secondary N) is 2. The van der Waals surface area contributed by atoms with Crippen LogP contribution in [0, 0.1) is 11.8 Å². The number of benzene rings is 8. The summed E-state index contributed by atoms with van der Waals surface area (Å²) in [7, 11) is 2.72. The lowest BCUT2D eigenvalue weighted by atomic mass is 9.90. The summed E-state index contributed by atoms with van der Waals surface area (Å²) < 4.78 is 10.4. The molecule has 0 aliphatic carbocycles. The Balaban J connectivity index is 0.000000231. The highest BCUT2D eigenvalue weighted by atomic mass is 16.5. The van der Waals surface area contributed by atoms with Crippen LogP contribution in [0.4, 0.5) is 0 Å². The molecule has 0 saturated heterocycles. The van der Waals surface area contributed by atoms with Crippen molar-refractivity contribution in [3.63, 3.8) is 0 Å². The van der Waals surface area contributed by atoms with Crippen LogP contribution >= 0.6 is 0 Å². The largest absolute Gasteiger partial charge is 0.469 e. The highest BCUT2D eigenvalue weighted by molar-refractivity contribution is 5.95. The normalized spacial score (nSPS) is 12.4. The Morgan fingerprint density at radius 2 is 0.850 bits per heavy atom. The summed E-state index contributed by atoms with van der Waals surface area (Å²) in [5.74, 6) is -2.62. The molecule has 0 aliphatic heterocycles. The van der Waals surface area contributed by atoms with E-state index in [-0.39, 0.29) is 18.2 Å². The van der Waals surface area contributed by atoms with Gasteiger partial charge in [0.15, 0.2) is 0 Å². The number of methoxy groups -OCH3 is 2. The molecule has 80 heavy (non-hydrogen) atoms. The van der Waals surface area contributed by atoms with Gasteiger partial charge in [-0.2, -0.15) is 0 Å². The molecular formula is C70H68N4O6. The molecule has 0 radical (unpaired) electrons. The van der Waals surface area contributed by atoms with Gasteiger partial charge in [-0.05, 0) is 105 Å². The molecule has 8 aromatic rings. The third kappa shape index (κ3) is 17.6. The quantitative estimate of drug-likeness (QED) is 0.0488. The third-order valence-corrected chi connectivity index (χ3v) is 13.5. The molecule has 0 aromatic heterocycles. The van der Waals surface area contributed by atoms with E-state index in [2.05, 4.69) is 48.1 Å². The number of ether oxygens (including phenoxy) is 2. The first-order chi connectivity index (χ1) is 38.8. The second-order valence-corrected chi connectivity index (χ2v) is 19.3. The van der Waals surface area contributed by atoms with Gasteiger partial charge in [0.1, 0.15) is 0 Å². The molecule has 0 bridgehead atoms. The van der Waals surface area contributed by atoms with Crippen molar-refractivity contribution in [3.8, 4) is 11.1 Å². The van der Waals surface area contributed by atoms with E-state index in [1.165, 1.54) is 19.8 Å². The SMILES string of the molecule is C=C(N)c1cccc(CC(C(=O)OC)C(/C=C/c2ccccc2)NC(=O)Cc2ccc(-c3ccccc3)cc2)c1.C=C(N)c1cccc(CC(C(=O)OC)C(/C=C/c2ccccc2)NC(=O)c2ccc(Cc3ccccc3)cc2)c1. The van der Waals surface area contributed by atoms with Gasteiger partial charge >= 0.3 is 11.9 Å². The van der Waals surface area contributed by atoms with E-state index in [0.717, 1.165) is 62.1 Å². The van der Waals surface area contributed by atoms with E-state index < -0.39 is 35.9 Å². The van der Waals surface area contributed by atoms with Crippen LogP contribution < -0.4 is 22.1 Å². The number of carbonyl (C=O) groups excluding carboxylic acids is 4. The minimum absolute atomic E-state index is 0.182. The highest BCUT2D eigenvalue weighted by Gasteiger charge is 2.31. The highest BCUT2D eigenvalue weighted by Crippen LogP contribution is 2.24. The average Bonchev–Trinajstić information content (AvgIpc) is 3.50. The average molecular weight is 1060 g/mol. The van der Waals surface area contributed by atoms with Gasteiger partial charge < -0.3 is 31.6 Å². The topological polar surface area (TPSA) is 163 Å². The van der Waals surface area contributed by atoms with Crippen molar-refractivity contribution in [2.45, 2.75) is 37.8 Å². The Kier molecular flexibility index (Phi) is 21.5. The Morgan fingerprint density at radius 1 is 0.450 bits per heavy atom. The number of hydrogen-bond donors (Lipinski definition) is 4. The molecule has 4 unspecified atom stereocenters. The van der Waals surface area contributed by atoms with E-state index in [1.807, 2.05) is 218 Å². The molecule has 8 rings (SSSR count). The molecule has 6 N–H and O–H groups in total. The van der Waals surface area contributed by atoms with Gasteiger partial charge in [0.2, 0.25) is 5.91 Å². The molecule has 10 nitrogen and oxygen atoms in total. The fraction of sp³-hybridized carbons (Fsp3) is 0.143. The molecule has 4 atom stereocenters. The molecule has 0 saturated carbocycles. The number of hydrogen-bond acceptors (Lipinski definition) is 8. The molecule has 0 fully saturated rings. The minimum atomic E-state index is -0.674. The van der Waals surface area contributed by atoms with E-state index >= 15 is 0 Å². The van der Waals surface area contributed by atoms with Crippen LogP contribution in [-0.2, 0) is 49.5 Å². The van der Waals surface area contributed by atoms with E-state index in [4.69, 9.17) is 20.9 Å². The van der Waals surface area contributed by atoms with Crippen LogP contribution in [0.25, 0.3) is 34.7 Å². The van der Waals surface area contributed by atoms with Crippen LogP contribution in [0.5, 0.6) is 0 Å². The predicted molar refractivity (Wildman–Crippen MR) is 323 cm³/mol. The molecule has 2 amide bonds. The number of amides is 2. The van der Waals surface area contributed by atoms with Gasteiger partial charge in [0.25, 0.3) is 5.91 Å². The maximum atomic E-state index is 13.4. The van der Waals surface area contributed by atoms with Gasteiger partial charge in [-0.1, -0.05) is 232 Å². The molecule has 0 aliphatic rings. The lowest BCUT2D eigenvalue weighted by Crippen LogP contribution is -2.44. The Hall–Kier alpha value is -9.80. The summed E-state index contributed by atoms with van der Waals surface area (Å²) in [6.07, 6.45) is 9.18. The van der Waals surface area contributed by atoms with Crippen LogP contribution in [0.3, 0.4) is 0 Å². The van der Waals surface area contributed by atoms with Crippen molar-refractivity contribution >= 4 is 47.3 Å². The van der Waals surface area contributed by atoms with E-state index in [9.17, 15) is 19.2 Å². The number of carbonyl (C=O) groups is 4. The lowest BCUT2D eigenvalue weighted by molar-refractivity contribution is -0.147. The molecule has 8 aromatic carbocycles. The van der Waals surface area contributed by atoms with Crippen LogP contribution in [-0.4, -0.2) is 50.1 Å². The molecule has 0 spiro atoms. The number of esters is 2. The Bertz CT molecular complexity index is 3380. The van der Waals surface area contributed by atoms with Gasteiger partial charge in [-0.3, -0.25) is 19.2 Å². The lowest BCUT2D eigenvalue weighted by Gasteiger charge is -2.24. The first-order valence-corrected chi connectivity index (χ1v) is 26.4. The first kappa shape index (κ1) is 57.9.